The van der Waals surface area contributed by atoms with Crippen LogP contribution in [0.4, 0.5) is 5.69 Å². The van der Waals surface area contributed by atoms with Crippen molar-refractivity contribution in [3.05, 3.63) is 48.0 Å². The third-order valence-electron chi connectivity index (χ3n) is 3.13. The molecule has 0 aliphatic heterocycles. The molecule has 2 aromatic carbocycles. The zero-order chi connectivity index (χ0) is 18.8. The molecule has 2 aromatic rings. The molecule has 4 N–H and O–H groups in total. The molecule has 9 nitrogen and oxygen atoms in total. The first kappa shape index (κ1) is 18.7. The summed E-state index contributed by atoms with van der Waals surface area (Å²) in [6, 6.07) is 8.21. The van der Waals surface area contributed by atoms with Crippen LogP contribution in [0.5, 0.6) is 5.75 Å². The highest BCUT2D eigenvalue weighted by Gasteiger charge is 2.20. The fraction of sp³-hybridized carbons (Fsp3) is 0.0714. The van der Waals surface area contributed by atoms with Crippen LogP contribution < -0.4 is 14.6 Å². The van der Waals surface area contributed by atoms with Crippen LogP contribution >= 0.6 is 0 Å². The number of rotatable bonds is 6. The number of nitrogens with one attached hydrogen (secondary N) is 1. The van der Waals surface area contributed by atoms with E-state index < -0.39 is 26.0 Å². The molecule has 0 heterocycles. The van der Waals surface area contributed by atoms with Gasteiger partial charge in [0.05, 0.1) is 22.6 Å². The molecule has 0 fully saturated rings. The van der Waals surface area contributed by atoms with E-state index in [0.29, 0.717) is 0 Å². The van der Waals surface area contributed by atoms with Crippen molar-refractivity contribution in [3.8, 4) is 5.75 Å². The lowest BCUT2D eigenvalue weighted by atomic mass is 10.2. The maximum atomic E-state index is 12.4. The summed E-state index contributed by atoms with van der Waals surface area (Å²) in [6.45, 7) is 0. The van der Waals surface area contributed by atoms with Crippen LogP contribution in [0.1, 0.15) is 10.4 Å². The highest BCUT2D eigenvalue weighted by molar-refractivity contribution is 7.92. The summed E-state index contributed by atoms with van der Waals surface area (Å²) < 4.78 is 54.5. The average Bonchev–Trinajstić information content (AvgIpc) is 2.53. The highest BCUT2D eigenvalue weighted by atomic mass is 32.2. The summed E-state index contributed by atoms with van der Waals surface area (Å²) in [5, 5.41) is 14.1. The molecule has 11 heteroatoms. The summed E-state index contributed by atoms with van der Waals surface area (Å²) >= 11 is 0. The molecular weight excluding hydrogens is 372 g/mol. The molecule has 0 saturated carbocycles. The second-order valence-corrected chi connectivity index (χ2v) is 8.09. The normalized spacial score (nSPS) is 11.8. The van der Waals surface area contributed by atoms with Gasteiger partial charge in [-0.2, -0.15) is 0 Å². The zero-order valence-electron chi connectivity index (χ0n) is 12.8. The lowest BCUT2D eigenvalue weighted by Gasteiger charge is -2.11. The standard InChI is InChI=1S/C14H14N2O7S2/c1-23-13-6-5-11(8-12(13)14(17)18)25(21,22)16-9-3-2-4-10(7-9)24(15,19)20/h2-8,16H,1H3,(H,17,18)(H2,15,19,20). The summed E-state index contributed by atoms with van der Waals surface area (Å²) in [6.07, 6.45) is 0. The van der Waals surface area contributed by atoms with Gasteiger partial charge in [0.15, 0.2) is 0 Å². The van der Waals surface area contributed by atoms with Gasteiger partial charge < -0.3 is 9.84 Å². The van der Waals surface area contributed by atoms with Crippen LogP contribution in [0, 0.1) is 0 Å². The fourth-order valence-corrected chi connectivity index (χ4v) is 3.61. The Morgan fingerprint density at radius 3 is 2.32 bits per heavy atom. The molecule has 25 heavy (non-hydrogen) atoms. The molecule has 0 atom stereocenters. The number of aromatic carboxylic acids is 1. The van der Waals surface area contributed by atoms with Gasteiger partial charge in [-0.15, -0.1) is 0 Å². The number of benzene rings is 2. The number of ether oxygens (including phenoxy) is 1. The molecule has 0 saturated heterocycles. The molecule has 0 unspecified atom stereocenters. The maximum absolute atomic E-state index is 12.4. The average molecular weight is 386 g/mol. The van der Waals surface area contributed by atoms with Crippen molar-refractivity contribution < 1.29 is 31.5 Å². The quantitative estimate of drug-likeness (QED) is 0.665. The Kier molecular flexibility index (Phi) is 5.02. The topological polar surface area (TPSA) is 153 Å². The molecule has 0 aromatic heterocycles. The molecule has 134 valence electrons. The van der Waals surface area contributed by atoms with Crippen LogP contribution in [0.2, 0.25) is 0 Å². The van der Waals surface area contributed by atoms with Crippen LogP contribution in [-0.4, -0.2) is 35.0 Å². The van der Waals surface area contributed by atoms with Crippen molar-refractivity contribution in [1.82, 2.24) is 0 Å². The second-order valence-electron chi connectivity index (χ2n) is 4.85. The van der Waals surface area contributed by atoms with E-state index in [2.05, 4.69) is 4.72 Å². The van der Waals surface area contributed by atoms with Crippen molar-refractivity contribution in [1.29, 1.82) is 0 Å². The number of nitrogens with two attached hydrogens (primary N) is 1. The van der Waals surface area contributed by atoms with Crippen molar-refractivity contribution in [2.45, 2.75) is 9.79 Å². The summed E-state index contributed by atoms with van der Waals surface area (Å²) in [5.41, 5.74) is -0.372. The molecular formula is C14H14N2O7S2. The van der Waals surface area contributed by atoms with E-state index in [9.17, 15) is 21.6 Å². The van der Waals surface area contributed by atoms with E-state index in [0.717, 1.165) is 18.2 Å². The van der Waals surface area contributed by atoms with Gasteiger partial charge >= 0.3 is 5.97 Å². The minimum Gasteiger partial charge on any atom is -0.496 e. The van der Waals surface area contributed by atoms with E-state index >= 15 is 0 Å². The lowest BCUT2D eigenvalue weighted by Crippen LogP contribution is -2.16. The third kappa shape index (κ3) is 4.26. The highest BCUT2D eigenvalue weighted by Crippen LogP contribution is 2.24. The van der Waals surface area contributed by atoms with Gasteiger partial charge in [-0.3, -0.25) is 4.72 Å². The first-order valence-electron chi connectivity index (χ1n) is 6.61. The first-order chi connectivity index (χ1) is 11.5. The monoisotopic (exact) mass is 386 g/mol. The minimum atomic E-state index is -4.16. The second kappa shape index (κ2) is 6.70. The summed E-state index contributed by atoms with van der Waals surface area (Å²) in [5.74, 6) is -1.35. The Hall–Kier alpha value is -2.63. The number of anilines is 1. The predicted molar refractivity (Wildman–Crippen MR) is 88.6 cm³/mol. The smallest absolute Gasteiger partial charge is 0.339 e. The van der Waals surface area contributed by atoms with Gasteiger partial charge in [-0.1, -0.05) is 6.07 Å². The van der Waals surface area contributed by atoms with Gasteiger partial charge in [0, 0.05) is 0 Å². The van der Waals surface area contributed by atoms with E-state index in [1.165, 1.54) is 31.4 Å². The number of sulfonamides is 2. The minimum absolute atomic E-state index is 0.00247. The molecule has 0 bridgehead atoms. The van der Waals surface area contributed by atoms with Gasteiger partial charge in [-0.25, -0.2) is 26.8 Å². The Morgan fingerprint density at radius 2 is 1.76 bits per heavy atom. The van der Waals surface area contributed by atoms with Crippen LogP contribution in [-0.2, 0) is 20.0 Å². The summed E-state index contributed by atoms with van der Waals surface area (Å²) in [7, 11) is -6.91. The number of carbonyl (C=O) groups is 1. The third-order valence-corrected chi connectivity index (χ3v) is 5.42. The zero-order valence-corrected chi connectivity index (χ0v) is 14.5. The van der Waals surface area contributed by atoms with Gasteiger partial charge in [-0.05, 0) is 36.4 Å². The number of methoxy groups -OCH3 is 1. The van der Waals surface area contributed by atoms with Crippen molar-refractivity contribution in [2.24, 2.45) is 5.14 Å². The van der Waals surface area contributed by atoms with Crippen molar-refractivity contribution >= 4 is 31.7 Å². The van der Waals surface area contributed by atoms with Crippen molar-refractivity contribution in [2.75, 3.05) is 11.8 Å². The maximum Gasteiger partial charge on any atom is 0.339 e. The SMILES string of the molecule is COc1ccc(S(=O)(=O)Nc2cccc(S(N)(=O)=O)c2)cc1C(=O)O. The lowest BCUT2D eigenvalue weighted by molar-refractivity contribution is 0.0693. The largest absolute Gasteiger partial charge is 0.496 e. The Labute approximate surface area is 144 Å². The number of primary sulfonamides is 1. The molecule has 2 rings (SSSR count). The first-order valence-corrected chi connectivity index (χ1v) is 9.64. The Bertz CT molecular complexity index is 1030. The van der Waals surface area contributed by atoms with Gasteiger partial charge in [0.25, 0.3) is 10.0 Å². The van der Waals surface area contributed by atoms with Crippen molar-refractivity contribution in [3.63, 3.8) is 0 Å². The number of carboxylic acid groups (broad SMARTS) is 1. The van der Waals surface area contributed by atoms with E-state index in [-0.39, 0.29) is 26.8 Å². The van der Waals surface area contributed by atoms with Crippen LogP contribution in [0.3, 0.4) is 0 Å². The van der Waals surface area contributed by atoms with E-state index in [1.807, 2.05) is 0 Å². The molecule has 0 amide bonds. The fourth-order valence-electron chi connectivity index (χ4n) is 1.97. The number of carboxylic acids is 1. The predicted octanol–water partition coefficient (Wildman–Crippen LogP) is 0.842. The van der Waals surface area contributed by atoms with E-state index in [4.69, 9.17) is 15.0 Å². The molecule has 0 radical (unpaired) electrons. The van der Waals surface area contributed by atoms with E-state index in [1.54, 1.807) is 0 Å². The van der Waals surface area contributed by atoms with Gasteiger partial charge in [0.2, 0.25) is 10.0 Å². The summed E-state index contributed by atoms with van der Waals surface area (Å²) in [4.78, 5) is 10.6. The van der Waals surface area contributed by atoms with Gasteiger partial charge in [0.1, 0.15) is 11.3 Å². The molecule has 0 aliphatic carbocycles. The van der Waals surface area contributed by atoms with Crippen LogP contribution in [0.15, 0.2) is 52.3 Å². The number of hydrogen-bond acceptors (Lipinski definition) is 6. The Morgan fingerprint density at radius 1 is 1.08 bits per heavy atom. The van der Waals surface area contributed by atoms with Crippen LogP contribution in [0.25, 0.3) is 0 Å². The Balaban J connectivity index is 2.44. The molecule has 0 aliphatic rings. The molecule has 0 spiro atoms. The number of hydrogen-bond donors (Lipinski definition) is 3.